The van der Waals surface area contributed by atoms with Crippen molar-refractivity contribution in [1.29, 1.82) is 5.26 Å². The van der Waals surface area contributed by atoms with Crippen molar-refractivity contribution in [1.82, 2.24) is 14.9 Å². The fourth-order valence-electron chi connectivity index (χ4n) is 8.59. The van der Waals surface area contributed by atoms with E-state index in [0.29, 0.717) is 75.0 Å². The molecule has 0 radical (unpaired) electrons. The number of pyridine rings is 2. The van der Waals surface area contributed by atoms with E-state index in [-0.39, 0.29) is 18.1 Å². The largest absolute Gasteiger partial charge is 0.492 e. The zero-order valence-electron chi connectivity index (χ0n) is 28.3. The molecule has 4 aliphatic rings. The molecule has 4 aromatic rings. The number of hydrogen-bond donors (Lipinski definition) is 3. The topological polar surface area (TPSA) is 133 Å². The maximum atomic E-state index is 13.3. The molecule has 4 aliphatic carbocycles. The normalized spacial score (nSPS) is 23.7. The van der Waals surface area contributed by atoms with Crippen LogP contribution < -0.4 is 20.1 Å². The summed E-state index contributed by atoms with van der Waals surface area (Å²) < 4.78 is 11.8. The molecule has 11 heteroatoms. The number of aliphatic hydroxyl groups is 1. The highest BCUT2D eigenvalue weighted by Crippen LogP contribution is 2.59. The lowest BCUT2D eigenvalue weighted by Crippen LogP contribution is -2.64. The molecule has 4 bridgehead atoms. The van der Waals surface area contributed by atoms with Gasteiger partial charge in [0, 0.05) is 47.7 Å². The Balaban J connectivity index is 1.08. The molecular weight excluding hydrogens is 652 g/mol. The van der Waals surface area contributed by atoms with Gasteiger partial charge in [-0.2, -0.15) is 5.26 Å². The Morgan fingerprint density at radius 1 is 1.12 bits per heavy atom. The molecule has 0 spiro atoms. The van der Waals surface area contributed by atoms with Gasteiger partial charge in [0.2, 0.25) is 5.91 Å². The molecule has 50 heavy (non-hydrogen) atoms. The molecule has 10 nitrogen and oxygen atoms in total. The highest BCUT2D eigenvalue weighted by atomic mass is 35.5. The van der Waals surface area contributed by atoms with Crippen LogP contribution in [0.4, 0.5) is 17.1 Å². The van der Waals surface area contributed by atoms with Gasteiger partial charge >= 0.3 is 0 Å². The first kappa shape index (κ1) is 33.8. The number of anilines is 3. The van der Waals surface area contributed by atoms with Crippen LogP contribution in [0.1, 0.15) is 56.7 Å². The Kier molecular flexibility index (Phi) is 9.40. The molecule has 3 N–H and O–H groups in total. The van der Waals surface area contributed by atoms with Crippen LogP contribution in [0, 0.1) is 23.2 Å². The Hall–Kier alpha value is -4.69. The summed E-state index contributed by atoms with van der Waals surface area (Å²) in [5.74, 6) is 1.86. The second-order valence-electron chi connectivity index (χ2n) is 14.0. The number of halogens is 1. The van der Waals surface area contributed by atoms with Crippen molar-refractivity contribution in [3.05, 3.63) is 89.4 Å². The van der Waals surface area contributed by atoms with Gasteiger partial charge in [-0.05, 0) is 101 Å². The molecule has 2 heterocycles. The van der Waals surface area contributed by atoms with Gasteiger partial charge in [-0.25, -0.2) is 0 Å². The van der Waals surface area contributed by atoms with Gasteiger partial charge in [0.15, 0.2) is 0 Å². The van der Waals surface area contributed by atoms with Crippen LogP contribution in [-0.2, 0) is 11.4 Å². The molecule has 1 amide bonds. The Labute approximate surface area is 297 Å². The molecule has 0 aliphatic heterocycles. The average Bonchev–Trinajstić information content (AvgIpc) is 3.08. The fraction of sp³-hybridized carbons (Fsp3) is 0.385. The zero-order chi connectivity index (χ0) is 34.9. The molecule has 4 fully saturated rings. The van der Waals surface area contributed by atoms with Gasteiger partial charge in [0.05, 0.1) is 45.4 Å². The van der Waals surface area contributed by atoms with Crippen molar-refractivity contribution in [3.63, 3.8) is 0 Å². The SMILES string of the molecule is CCOc1cc2ncc(C#N)c(Nc3ccc(OCc4ccccn4)c(Cl)c3)c2cc1NC(=O)/C=C/CN(C)C12CC3CC(CC(O)(C3)C1)C2. The van der Waals surface area contributed by atoms with E-state index in [4.69, 9.17) is 21.1 Å². The maximum Gasteiger partial charge on any atom is 0.248 e. The average molecular weight is 693 g/mol. The minimum Gasteiger partial charge on any atom is -0.492 e. The van der Waals surface area contributed by atoms with E-state index in [0.717, 1.165) is 37.8 Å². The van der Waals surface area contributed by atoms with Crippen LogP contribution >= 0.6 is 11.6 Å². The van der Waals surface area contributed by atoms with Crippen LogP contribution in [0.5, 0.6) is 11.5 Å². The number of aromatic nitrogens is 2. The highest BCUT2D eigenvalue weighted by Gasteiger charge is 2.58. The van der Waals surface area contributed by atoms with Crippen molar-refractivity contribution in [2.24, 2.45) is 11.8 Å². The summed E-state index contributed by atoms with van der Waals surface area (Å²) in [7, 11) is 2.11. The lowest BCUT2D eigenvalue weighted by molar-refractivity contribution is -0.169. The summed E-state index contributed by atoms with van der Waals surface area (Å²) in [5, 5.41) is 28.5. The lowest BCUT2D eigenvalue weighted by atomic mass is 9.50. The van der Waals surface area contributed by atoms with Crippen LogP contribution in [0.2, 0.25) is 5.02 Å². The molecule has 2 aromatic heterocycles. The van der Waals surface area contributed by atoms with Crippen molar-refractivity contribution in [2.45, 2.75) is 63.2 Å². The molecule has 0 saturated heterocycles. The number of hydrogen-bond acceptors (Lipinski definition) is 9. The first-order valence-corrected chi connectivity index (χ1v) is 17.5. The standard InChI is InChI=1S/C39H41ClN6O4/c1-3-49-35-16-32-30(15-33(35)45-36(47)8-6-12-46(2)38-17-25-13-26(18-38)20-39(48,19-25)24-38)37(27(21-41)22-43-32)44-28-9-10-34(31(40)14-28)50-23-29-7-4-5-11-42-29/h4-11,14-16,22,25-26,48H,3,12-13,17-20,23-24H2,1-2H3,(H,43,44)(H,45,47)/b8-6+. The molecular formula is C39H41ClN6O4. The second kappa shape index (κ2) is 13.9. The number of ether oxygens (including phenoxy) is 2. The van der Waals surface area contributed by atoms with E-state index in [9.17, 15) is 15.2 Å². The molecule has 2 aromatic carbocycles. The number of likely N-dealkylation sites (N-methyl/N-ethyl adjacent to an activating group) is 1. The summed E-state index contributed by atoms with van der Waals surface area (Å²) in [4.78, 5) is 24.4. The number of nitriles is 1. The summed E-state index contributed by atoms with van der Waals surface area (Å²) in [6, 6.07) is 16.7. The predicted octanol–water partition coefficient (Wildman–Crippen LogP) is 7.39. The van der Waals surface area contributed by atoms with E-state index in [1.54, 1.807) is 36.5 Å². The zero-order valence-corrected chi connectivity index (χ0v) is 29.0. The van der Waals surface area contributed by atoms with E-state index in [2.05, 4.69) is 38.6 Å². The Bertz CT molecular complexity index is 1970. The number of rotatable bonds is 12. The van der Waals surface area contributed by atoms with Crippen molar-refractivity contribution < 1.29 is 19.4 Å². The van der Waals surface area contributed by atoms with Gasteiger partial charge < -0.3 is 25.2 Å². The summed E-state index contributed by atoms with van der Waals surface area (Å²) in [6.45, 7) is 3.15. The number of fused-ring (bicyclic) bond motifs is 1. The predicted molar refractivity (Wildman–Crippen MR) is 194 cm³/mol. The van der Waals surface area contributed by atoms with Gasteiger partial charge in [0.1, 0.15) is 24.2 Å². The third-order valence-electron chi connectivity index (χ3n) is 10.4. The van der Waals surface area contributed by atoms with E-state index in [1.165, 1.54) is 12.6 Å². The minimum absolute atomic E-state index is 0.00774. The monoisotopic (exact) mass is 692 g/mol. The van der Waals surface area contributed by atoms with E-state index in [1.807, 2.05) is 37.3 Å². The number of nitrogens with one attached hydrogen (secondary N) is 2. The molecule has 2 unspecified atom stereocenters. The maximum absolute atomic E-state index is 13.3. The van der Waals surface area contributed by atoms with Gasteiger partial charge in [-0.15, -0.1) is 0 Å². The second-order valence-corrected chi connectivity index (χ2v) is 14.4. The van der Waals surface area contributed by atoms with Gasteiger partial charge in [-0.3, -0.25) is 19.7 Å². The number of carbonyl (C=O) groups excluding carboxylic acids is 1. The first-order valence-electron chi connectivity index (χ1n) is 17.2. The smallest absolute Gasteiger partial charge is 0.248 e. The fourth-order valence-corrected chi connectivity index (χ4v) is 8.82. The van der Waals surface area contributed by atoms with Crippen molar-refractivity contribution in [3.8, 4) is 17.6 Å². The molecule has 4 saturated carbocycles. The third-order valence-corrected chi connectivity index (χ3v) is 10.7. The van der Waals surface area contributed by atoms with Gasteiger partial charge in [0.25, 0.3) is 0 Å². The highest BCUT2D eigenvalue weighted by molar-refractivity contribution is 6.32. The van der Waals surface area contributed by atoms with Gasteiger partial charge in [-0.1, -0.05) is 23.7 Å². The van der Waals surface area contributed by atoms with Crippen LogP contribution in [0.25, 0.3) is 10.9 Å². The Morgan fingerprint density at radius 2 is 1.94 bits per heavy atom. The minimum atomic E-state index is -0.538. The molecule has 2 atom stereocenters. The van der Waals surface area contributed by atoms with E-state index < -0.39 is 5.60 Å². The molecule has 8 rings (SSSR count). The number of benzene rings is 2. The number of nitrogens with zero attached hydrogens (tertiary/aromatic N) is 4. The van der Waals surface area contributed by atoms with Crippen LogP contribution in [0.15, 0.2) is 73.1 Å². The van der Waals surface area contributed by atoms with E-state index >= 15 is 0 Å². The Morgan fingerprint density at radius 3 is 2.64 bits per heavy atom. The number of carbonyl (C=O) groups is 1. The molecule has 258 valence electrons. The quantitative estimate of drug-likeness (QED) is 0.130. The summed E-state index contributed by atoms with van der Waals surface area (Å²) >= 11 is 6.59. The lowest BCUT2D eigenvalue weighted by Gasteiger charge is -2.62. The number of amides is 1. The van der Waals surface area contributed by atoms with Crippen molar-refractivity contribution >= 4 is 45.5 Å². The van der Waals surface area contributed by atoms with Crippen LogP contribution in [-0.4, -0.2) is 57.2 Å². The van der Waals surface area contributed by atoms with Crippen LogP contribution in [0.3, 0.4) is 0 Å². The summed E-state index contributed by atoms with van der Waals surface area (Å²) in [5.41, 5.74) is 2.76. The first-order chi connectivity index (χ1) is 24.2. The summed E-state index contributed by atoms with van der Waals surface area (Å²) in [6.07, 6.45) is 12.8. The third kappa shape index (κ3) is 6.99. The van der Waals surface area contributed by atoms with Crippen molar-refractivity contribution in [2.75, 3.05) is 30.8 Å².